The molecule has 4 rings (SSSR count). The van der Waals surface area contributed by atoms with Gasteiger partial charge in [0.2, 0.25) is 0 Å². The summed E-state index contributed by atoms with van der Waals surface area (Å²) in [5, 5.41) is 2.34. The molecule has 0 aliphatic heterocycles. The van der Waals surface area contributed by atoms with Crippen molar-refractivity contribution in [2.45, 2.75) is 64.1 Å². The lowest BCUT2D eigenvalue weighted by Crippen LogP contribution is -2.41. The van der Waals surface area contributed by atoms with Crippen molar-refractivity contribution in [3.63, 3.8) is 0 Å². The molecule has 0 saturated heterocycles. The van der Waals surface area contributed by atoms with Gasteiger partial charge in [0.1, 0.15) is 5.83 Å². The molecular formula is C29H31F2NS. The van der Waals surface area contributed by atoms with Gasteiger partial charge >= 0.3 is 0 Å². The first-order chi connectivity index (χ1) is 16.0. The largest absolute Gasteiger partial charge is 0.239 e. The summed E-state index contributed by atoms with van der Waals surface area (Å²) in [7, 11) is 0. The van der Waals surface area contributed by atoms with Crippen LogP contribution in [0.1, 0.15) is 56.6 Å². The minimum atomic E-state index is -1.84. The molecule has 0 bridgehead atoms. The van der Waals surface area contributed by atoms with Gasteiger partial charge in [-0.3, -0.25) is 0 Å². The van der Waals surface area contributed by atoms with Crippen LogP contribution < -0.4 is 0 Å². The smallest absolute Gasteiger partial charge is 0.182 e. The number of thiocarbonyl (C=S) groups is 1. The Balaban J connectivity index is 1.80. The van der Waals surface area contributed by atoms with Gasteiger partial charge in [-0.2, -0.15) is 0 Å². The zero-order chi connectivity index (χ0) is 23.4. The fourth-order valence-electron chi connectivity index (χ4n) is 5.76. The van der Waals surface area contributed by atoms with E-state index in [0.717, 1.165) is 42.4 Å². The molecule has 0 heterocycles. The summed E-state index contributed by atoms with van der Waals surface area (Å²) in [4.78, 5) is 4.27. The van der Waals surface area contributed by atoms with Crippen LogP contribution in [0.4, 0.5) is 8.78 Å². The molecule has 172 valence electrons. The third kappa shape index (κ3) is 4.39. The first-order valence-corrected chi connectivity index (χ1v) is 12.4. The van der Waals surface area contributed by atoms with E-state index in [9.17, 15) is 0 Å². The number of benzene rings is 2. The topological polar surface area (TPSA) is 12.4 Å². The summed E-state index contributed by atoms with van der Waals surface area (Å²) in [5.41, 5.74) is 1.93. The van der Waals surface area contributed by atoms with Crippen molar-refractivity contribution in [2.24, 2.45) is 16.8 Å². The van der Waals surface area contributed by atoms with Crippen LogP contribution in [0.3, 0.4) is 0 Å². The number of nitrogens with zero attached hydrogens (tertiary/aromatic N) is 1. The van der Waals surface area contributed by atoms with Gasteiger partial charge < -0.3 is 0 Å². The lowest BCUT2D eigenvalue weighted by Gasteiger charge is -2.40. The van der Waals surface area contributed by atoms with Crippen molar-refractivity contribution in [2.75, 3.05) is 0 Å². The van der Waals surface area contributed by atoms with Crippen molar-refractivity contribution in [3.8, 4) is 11.1 Å². The predicted molar refractivity (Wildman–Crippen MR) is 136 cm³/mol. The van der Waals surface area contributed by atoms with Crippen molar-refractivity contribution >= 4 is 17.4 Å². The molecule has 0 aromatic heterocycles. The van der Waals surface area contributed by atoms with Gasteiger partial charge in [-0.1, -0.05) is 74.4 Å². The third-order valence-electron chi connectivity index (χ3n) is 7.43. The first-order valence-electron chi connectivity index (χ1n) is 12.0. The average Bonchev–Trinajstić information content (AvgIpc) is 2.83. The second-order valence-electron chi connectivity index (χ2n) is 9.38. The molecule has 1 nitrogen and oxygen atoms in total. The lowest BCUT2D eigenvalue weighted by molar-refractivity contribution is 0.191. The number of hydrogen-bond acceptors (Lipinski definition) is 2. The van der Waals surface area contributed by atoms with Gasteiger partial charge in [0.15, 0.2) is 11.7 Å². The Morgan fingerprint density at radius 3 is 2.42 bits per heavy atom. The predicted octanol–water partition coefficient (Wildman–Crippen LogP) is 8.70. The Kier molecular flexibility index (Phi) is 7.36. The molecule has 0 unspecified atom stereocenters. The summed E-state index contributed by atoms with van der Waals surface area (Å²) < 4.78 is 32.4. The fraction of sp³-hybridized carbons (Fsp3) is 0.414. The maximum absolute atomic E-state index is 16.6. The van der Waals surface area contributed by atoms with E-state index in [-0.39, 0.29) is 5.92 Å². The molecule has 0 radical (unpaired) electrons. The van der Waals surface area contributed by atoms with Gasteiger partial charge in [0.25, 0.3) is 0 Å². The van der Waals surface area contributed by atoms with Gasteiger partial charge in [-0.25, -0.2) is 13.8 Å². The number of allylic oxidation sites excluding steroid dienone is 2. The Morgan fingerprint density at radius 2 is 1.76 bits per heavy atom. The van der Waals surface area contributed by atoms with E-state index in [0.29, 0.717) is 17.1 Å². The van der Waals surface area contributed by atoms with E-state index in [1.807, 2.05) is 49.4 Å². The molecule has 1 fully saturated rings. The van der Waals surface area contributed by atoms with Gasteiger partial charge in [-0.15, -0.1) is 0 Å². The molecule has 0 N–H and O–H groups in total. The first kappa shape index (κ1) is 23.7. The van der Waals surface area contributed by atoms with Crippen molar-refractivity contribution in [1.29, 1.82) is 0 Å². The number of halogens is 2. The fourth-order valence-corrected chi connectivity index (χ4v) is 5.90. The molecule has 2 aromatic rings. The maximum Gasteiger partial charge on any atom is 0.182 e. The lowest BCUT2D eigenvalue weighted by atomic mass is 9.68. The van der Waals surface area contributed by atoms with Crippen molar-refractivity contribution in [3.05, 3.63) is 83.2 Å². The molecular weight excluding hydrogens is 432 g/mol. The standard InChI is InChI=1S/C29H31F2NS/c1-3-8-21-13-15-22(16-14-21)24-17-18-26(30)29(28(24)31,32-19-33)25-12-7-9-20(2)27(25)23-10-5-4-6-11-23/h4-7,9-12,17-18,21-22,28H,3,8,13-16H2,1-2H3/t21?,22?,28-,29+/m1/s1. The number of hydrogen-bond donors (Lipinski definition) is 0. The highest BCUT2D eigenvalue weighted by molar-refractivity contribution is 7.78. The minimum absolute atomic E-state index is 0.0992. The van der Waals surface area contributed by atoms with Crippen LogP contribution in [0.5, 0.6) is 0 Å². The normalized spacial score (nSPS) is 27.3. The molecule has 0 amide bonds. The summed E-state index contributed by atoms with van der Waals surface area (Å²) in [6.45, 7) is 4.18. The second kappa shape index (κ2) is 10.2. The number of alkyl halides is 1. The maximum atomic E-state index is 16.6. The van der Waals surface area contributed by atoms with E-state index in [1.54, 1.807) is 12.1 Å². The number of aryl methyl sites for hydroxylation is 1. The van der Waals surface area contributed by atoms with Crippen LogP contribution >= 0.6 is 12.2 Å². The SMILES string of the molecule is CCCC1CCC(C2=CC=C(F)[C@@](N=C=S)(c3cccc(C)c3-c3ccccc3)[C@@H]2F)CC1. The zero-order valence-corrected chi connectivity index (χ0v) is 20.2. The van der Waals surface area contributed by atoms with Gasteiger partial charge in [0.05, 0.1) is 5.16 Å². The van der Waals surface area contributed by atoms with Crippen LogP contribution in [0.25, 0.3) is 11.1 Å². The molecule has 2 atom stereocenters. The highest BCUT2D eigenvalue weighted by atomic mass is 32.1. The van der Waals surface area contributed by atoms with Crippen molar-refractivity contribution in [1.82, 2.24) is 0 Å². The second-order valence-corrected chi connectivity index (χ2v) is 9.57. The van der Waals surface area contributed by atoms with Crippen molar-refractivity contribution < 1.29 is 8.78 Å². The zero-order valence-electron chi connectivity index (χ0n) is 19.4. The van der Waals surface area contributed by atoms with E-state index in [2.05, 4.69) is 17.1 Å². The summed E-state index contributed by atoms with van der Waals surface area (Å²) >= 11 is 4.95. The Labute approximate surface area is 201 Å². The number of isothiocyanates is 1. The summed E-state index contributed by atoms with van der Waals surface area (Å²) in [6, 6.07) is 15.3. The molecule has 2 aliphatic carbocycles. The van der Waals surface area contributed by atoms with E-state index in [4.69, 9.17) is 12.2 Å². The van der Waals surface area contributed by atoms with E-state index >= 15 is 8.78 Å². The molecule has 2 aromatic carbocycles. The van der Waals surface area contributed by atoms with Gasteiger partial charge in [-0.05, 0) is 90.6 Å². The van der Waals surface area contributed by atoms with Crippen LogP contribution in [0.2, 0.25) is 0 Å². The van der Waals surface area contributed by atoms with E-state index < -0.39 is 17.5 Å². The molecule has 1 saturated carbocycles. The highest BCUT2D eigenvalue weighted by Crippen LogP contribution is 2.51. The summed E-state index contributed by atoms with van der Waals surface area (Å²) in [5.74, 6) is 0.187. The molecule has 33 heavy (non-hydrogen) atoms. The Morgan fingerprint density at radius 1 is 1.03 bits per heavy atom. The minimum Gasteiger partial charge on any atom is -0.239 e. The molecule has 2 aliphatic rings. The number of rotatable bonds is 6. The number of aliphatic imine (C=N–C) groups is 1. The van der Waals surface area contributed by atoms with E-state index in [1.165, 1.54) is 18.9 Å². The van der Waals surface area contributed by atoms with Crippen LogP contribution in [0.15, 0.2) is 77.1 Å². The summed E-state index contributed by atoms with van der Waals surface area (Å²) in [6.07, 6.45) is 7.89. The third-order valence-corrected chi connectivity index (χ3v) is 7.52. The Bertz CT molecular complexity index is 1090. The quantitative estimate of drug-likeness (QED) is 0.308. The van der Waals surface area contributed by atoms with Crippen LogP contribution in [-0.2, 0) is 5.54 Å². The van der Waals surface area contributed by atoms with Crippen LogP contribution in [0, 0.1) is 18.8 Å². The van der Waals surface area contributed by atoms with Gasteiger partial charge in [0, 0.05) is 0 Å². The Hall–Kier alpha value is -2.42. The van der Waals surface area contributed by atoms with Crippen LogP contribution in [-0.4, -0.2) is 11.3 Å². The molecule has 4 heteroatoms. The average molecular weight is 464 g/mol. The molecule has 0 spiro atoms. The monoisotopic (exact) mass is 463 g/mol. The highest BCUT2D eigenvalue weighted by Gasteiger charge is 2.51.